The average molecular weight is 440 g/mol. The second-order valence-corrected chi connectivity index (χ2v) is 10.8. The molecular weight excluding hydrogens is 398 g/mol. The van der Waals surface area contributed by atoms with Gasteiger partial charge in [-0.05, 0) is 73.6 Å². The van der Waals surface area contributed by atoms with E-state index in [1.54, 1.807) is 0 Å². The summed E-state index contributed by atoms with van der Waals surface area (Å²) in [6.07, 6.45) is 5.62. The molecule has 2 aliphatic heterocycles. The first-order valence-electron chi connectivity index (χ1n) is 11.6. The number of piperidine rings is 2. The van der Waals surface area contributed by atoms with Gasteiger partial charge in [0.15, 0.2) is 5.78 Å². The quantitative estimate of drug-likeness (QED) is 0.705. The van der Waals surface area contributed by atoms with E-state index < -0.39 is 11.2 Å². The Kier molecular flexibility index (Phi) is 8.74. The molecule has 1 unspecified atom stereocenters. The summed E-state index contributed by atoms with van der Waals surface area (Å²) in [6.45, 7) is 13.6. The normalized spacial score (nSPS) is 22.4. The Morgan fingerprint density at radius 1 is 0.839 bits per heavy atom. The minimum atomic E-state index is -0.489. The van der Waals surface area contributed by atoms with E-state index in [1.807, 2.05) is 46.4 Å². The largest absolute Gasteiger partial charge is 0.444 e. The lowest BCUT2D eigenvalue weighted by Gasteiger charge is -2.34. The molecule has 0 aromatic heterocycles. The zero-order valence-corrected chi connectivity index (χ0v) is 20.2. The van der Waals surface area contributed by atoms with Gasteiger partial charge in [0.25, 0.3) is 0 Å². The Bertz CT molecular complexity index is 634. The fraction of sp³-hybridized carbons (Fsp3) is 0.870. The van der Waals surface area contributed by atoms with Crippen LogP contribution in [0, 0.1) is 0 Å². The highest BCUT2D eigenvalue weighted by atomic mass is 16.6. The van der Waals surface area contributed by atoms with Crippen LogP contribution in [0.4, 0.5) is 9.59 Å². The Labute approximate surface area is 187 Å². The SMILES string of the molecule is CC(C)(C)OC(=O)N1CCCC(=O)C1.CC(C)(C)OC(=O)N1CCCC(NC2CC2)C1. The molecule has 2 heterocycles. The summed E-state index contributed by atoms with van der Waals surface area (Å²) in [7, 11) is 0. The van der Waals surface area contributed by atoms with Gasteiger partial charge < -0.3 is 24.6 Å². The summed E-state index contributed by atoms with van der Waals surface area (Å²) in [5.41, 5.74) is -0.883. The Hall–Kier alpha value is -1.83. The van der Waals surface area contributed by atoms with Crippen molar-refractivity contribution in [2.75, 3.05) is 26.2 Å². The highest BCUT2D eigenvalue weighted by Gasteiger charge is 2.31. The number of carbonyl (C=O) groups is 3. The monoisotopic (exact) mass is 439 g/mol. The lowest BCUT2D eigenvalue weighted by molar-refractivity contribution is -0.122. The van der Waals surface area contributed by atoms with E-state index in [0.717, 1.165) is 25.9 Å². The van der Waals surface area contributed by atoms with Gasteiger partial charge in [-0.3, -0.25) is 4.79 Å². The van der Waals surface area contributed by atoms with Crippen molar-refractivity contribution in [2.24, 2.45) is 0 Å². The molecule has 3 rings (SSSR count). The lowest BCUT2D eigenvalue weighted by Crippen LogP contribution is -2.49. The summed E-state index contributed by atoms with van der Waals surface area (Å²) in [5.74, 6) is 0.113. The molecular formula is C23H41N3O5. The van der Waals surface area contributed by atoms with E-state index in [1.165, 1.54) is 24.2 Å². The summed E-state index contributed by atoms with van der Waals surface area (Å²) in [4.78, 5) is 37.9. The van der Waals surface area contributed by atoms with Crippen molar-refractivity contribution in [3.8, 4) is 0 Å². The van der Waals surface area contributed by atoms with Crippen molar-refractivity contribution in [3.63, 3.8) is 0 Å². The van der Waals surface area contributed by atoms with E-state index in [9.17, 15) is 14.4 Å². The molecule has 3 aliphatic rings. The van der Waals surface area contributed by atoms with Crippen LogP contribution in [0.25, 0.3) is 0 Å². The van der Waals surface area contributed by atoms with Crippen LogP contribution in [-0.4, -0.2) is 77.2 Å². The van der Waals surface area contributed by atoms with Gasteiger partial charge in [0.1, 0.15) is 11.2 Å². The molecule has 1 atom stereocenters. The molecule has 8 nitrogen and oxygen atoms in total. The van der Waals surface area contributed by atoms with Crippen LogP contribution in [0.5, 0.6) is 0 Å². The van der Waals surface area contributed by atoms with Crippen LogP contribution >= 0.6 is 0 Å². The third kappa shape index (κ3) is 10.4. The predicted molar refractivity (Wildman–Crippen MR) is 119 cm³/mol. The molecule has 1 aliphatic carbocycles. The maximum atomic E-state index is 11.9. The summed E-state index contributed by atoms with van der Waals surface area (Å²) < 4.78 is 10.6. The fourth-order valence-corrected chi connectivity index (χ4v) is 3.51. The second kappa shape index (κ2) is 10.7. The molecule has 0 spiro atoms. The smallest absolute Gasteiger partial charge is 0.410 e. The van der Waals surface area contributed by atoms with E-state index in [-0.39, 0.29) is 24.5 Å². The fourth-order valence-electron chi connectivity index (χ4n) is 3.51. The van der Waals surface area contributed by atoms with Gasteiger partial charge in [-0.1, -0.05) is 0 Å². The number of hydrogen-bond donors (Lipinski definition) is 1. The van der Waals surface area contributed by atoms with Crippen LogP contribution < -0.4 is 5.32 Å². The van der Waals surface area contributed by atoms with Crippen LogP contribution in [-0.2, 0) is 14.3 Å². The number of ketones is 1. The predicted octanol–water partition coefficient (Wildman–Crippen LogP) is 3.72. The number of amides is 2. The van der Waals surface area contributed by atoms with Crippen molar-refractivity contribution < 1.29 is 23.9 Å². The van der Waals surface area contributed by atoms with Gasteiger partial charge in [-0.25, -0.2) is 9.59 Å². The van der Waals surface area contributed by atoms with Crippen LogP contribution in [0.2, 0.25) is 0 Å². The third-order valence-electron chi connectivity index (χ3n) is 5.02. The molecule has 2 amide bonds. The number of ether oxygens (including phenoxy) is 2. The van der Waals surface area contributed by atoms with Gasteiger partial charge in [0, 0.05) is 38.1 Å². The van der Waals surface area contributed by atoms with Gasteiger partial charge in [-0.15, -0.1) is 0 Å². The van der Waals surface area contributed by atoms with E-state index in [2.05, 4.69) is 5.32 Å². The van der Waals surface area contributed by atoms with Crippen molar-refractivity contribution in [1.29, 1.82) is 0 Å². The van der Waals surface area contributed by atoms with Crippen molar-refractivity contribution >= 4 is 18.0 Å². The maximum Gasteiger partial charge on any atom is 0.410 e. The molecule has 0 radical (unpaired) electrons. The summed E-state index contributed by atoms with van der Waals surface area (Å²) in [6, 6.07) is 1.17. The molecule has 1 saturated carbocycles. The zero-order chi connectivity index (χ0) is 23.2. The van der Waals surface area contributed by atoms with Crippen molar-refractivity contribution in [2.45, 2.75) is 103 Å². The van der Waals surface area contributed by atoms with E-state index in [4.69, 9.17) is 9.47 Å². The first-order valence-corrected chi connectivity index (χ1v) is 11.6. The van der Waals surface area contributed by atoms with Crippen molar-refractivity contribution in [1.82, 2.24) is 15.1 Å². The van der Waals surface area contributed by atoms with Gasteiger partial charge in [0.05, 0.1) is 6.54 Å². The second-order valence-electron chi connectivity index (χ2n) is 10.8. The molecule has 8 heteroatoms. The summed E-state index contributed by atoms with van der Waals surface area (Å²) >= 11 is 0. The van der Waals surface area contributed by atoms with Crippen LogP contribution in [0.1, 0.15) is 80.1 Å². The van der Waals surface area contributed by atoms with Gasteiger partial charge in [-0.2, -0.15) is 0 Å². The first-order chi connectivity index (χ1) is 14.3. The molecule has 0 bridgehead atoms. The molecule has 0 aromatic carbocycles. The maximum absolute atomic E-state index is 11.9. The van der Waals surface area contributed by atoms with Gasteiger partial charge >= 0.3 is 12.2 Å². The Balaban J connectivity index is 0.000000225. The number of nitrogens with zero attached hydrogens (tertiary/aromatic N) is 2. The van der Waals surface area contributed by atoms with E-state index in [0.29, 0.717) is 25.0 Å². The molecule has 1 N–H and O–H groups in total. The molecule has 2 saturated heterocycles. The van der Waals surface area contributed by atoms with Crippen molar-refractivity contribution in [3.05, 3.63) is 0 Å². The van der Waals surface area contributed by atoms with E-state index >= 15 is 0 Å². The van der Waals surface area contributed by atoms with Crippen LogP contribution in [0.15, 0.2) is 0 Å². The molecule has 178 valence electrons. The molecule has 3 fully saturated rings. The minimum Gasteiger partial charge on any atom is -0.444 e. The zero-order valence-electron chi connectivity index (χ0n) is 20.2. The highest BCUT2D eigenvalue weighted by Crippen LogP contribution is 2.22. The third-order valence-corrected chi connectivity index (χ3v) is 5.02. The highest BCUT2D eigenvalue weighted by molar-refractivity contribution is 5.85. The Morgan fingerprint density at radius 3 is 1.90 bits per heavy atom. The molecule has 31 heavy (non-hydrogen) atoms. The average Bonchev–Trinajstić information content (AvgIpc) is 3.44. The molecule has 0 aromatic rings. The summed E-state index contributed by atoms with van der Waals surface area (Å²) in [5, 5.41) is 3.59. The number of carbonyl (C=O) groups excluding carboxylic acids is 3. The topological polar surface area (TPSA) is 88.2 Å². The lowest BCUT2D eigenvalue weighted by atomic mass is 10.1. The standard InChI is InChI=1S/C13H24N2O2.C10H17NO3/c1-13(2,3)17-12(16)15-8-4-5-11(9-15)14-10-6-7-10;1-10(2,3)14-9(13)11-6-4-5-8(12)7-11/h10-11,14H,4-9H2,1-3H3;4-7H2,1-3H3. The van der Waals surface area contributed by atoms with Gasteiger partial charge in [0.2, 0.25) is 0 Å². The number of hydrogen-bond acceptors (Lipinski definition) is 6. The number of nitrogens with one attached hydrogen (secondary N) is 1. The number of likely N-dealkylation sites (tertiary alicyclic amines) is 2. The Morgan fingerprint density at radius 2 is 1.39 bits per heavy atom. The number of rotatable bonds is 2. The first kappa shape index (κ1) is 25.4. The number of Topliss-reactive ketones (excluding diaryl/α,β-unsaturated/α-hetero) is 1. The minimum absolute atomic E-state index is 0.113. The van der Waals surface area contributed by atoms with Crippen LogP contribution in [0.3, 0.4) is 0 Å².